The number of halogens is 1. The van der Waals surface area contributed by atoms with Crippen molar-refractivity contribution in [1.82, 2.24) is 5.32 Å². The number of nitrogens with one attached hydrogen (secondary N) is 1. The molecular formula is C13H18BrNO. The monoisotopic (exact) mass is 283 g/mol. The van der Waals surface area contributed by atoms with E-state index in [9.17, 15) is 0 Å². The van der Waals surface area contributed by atoms with E-state index in [4.69, 9.17) is 4.74 Å². The van der Waals surface area contributed by atoms with Gasteiger partial charge in [0.15, 0.2) is 0 Å². The zero-order valence-corrected chi connectivity index (χ0v) is 11.4. The highest BCUT2D eigenvalue weighted by Gasteiger charge is 2.14. The van der Waals surface area contributed by atoms with E-state index in [1.54, 1.807) is 0 Å². The minimum Gasteiger partial charge on any atom is -0.492 e. The zero-order chi connectivity index (χ0) is 11.5. The summed E-state index contributed by atoms with van der Waals surface area (Å²) in [5.74, 6) is 0.979. The van der Waals surface area contributed by atoms with Crippen molar-refractivity contribution in [3.05, 3.63) is 27.7 Å². The minimum atomic E-state index is 0.532. The summed E-state index contributed by atoms with van der Waals surface area (Å²) in [4.78, 5) is 0. The maximum absolute atomic E-state index is 5.82. The molecule has 1 N–H and O–H groups in total. The number of ether oxygens (including phenoxy) is 1. The standard InChI is InChI=1S/C13H18BrNO/c1-9-6-12(7-10(2)13(9)14)16-8-11-4-3-5-15-11/h6-7,11,15H,3-5,8H2,1-2H3/t11-/m0/s1. The third-order valence-electron chi connectivity index (χ3n) is 3.02. The average molecular weight is 284 g/mol. The first-order chi connectivity index (χ1) is 7.66. The fourth-order valence-electron chi connectivity index (χ4n) is 2.09. The van der Waals surface area contributed by atoms with Crippen LogP contribution >= 0.6 is 15.9 Å². The Kier molecular flexibility index (Phi) is 3.87. The van der Waals surface area contributed by atoms with Crippen LogP contribution in [0, 0.1) is 13.8 Å². The first-order valence-electron chi connectivity index (χ1n) is 5.80. The van der Waals surface area contributed by atoms with Crippen LogP contribution in [0.15, 0.2) is 16.6 Å². The topological polar surface area (TPSA) is 21.3 Å². The van der Waals surface area contributed by atoms with E-state index in [0.29, 0.717) is 6.04 Å². The number of aryl methyl sites for hydroxylation is 2. The molecule has 1 aromatic rings. The van der Waals surface area contributed by atoms with E-state index in [1.807, 2.05) is 0 Å². The molecule has 1 aliphatic rings. The number of hydrogen-bond acceptors (Lipinski definition) is 2. The van der Waals surface area contributed by atoms with E-state index in [2.05, 4.69) is 47.2 Å². The van der Waals surface area contributed by atoms with Gasteiger partial charge in [0.1, 0.15) is 12.4 Å². The molecule has 0 bridgehead atoms. The molecule has 0 spiro atoms. The average Bonchev–Trinajstić information content (AvgIpc) is 2.75. The van der Waals surface area contributed by atoms with E-state index in [1.165, 1.54) is 28.4 Å². The van der Waals surface area contributed by atoms with Gasteiger partial charge in [0.25, 0.3) is 0 Å². The van der Waals surface area contributed by atoms with Crippen molar-refractivity contribution in [3.63, 3.8) is 0 Å². The SMILES string of the molecule is Cc1cc(OC[C@@H]2CCCN2)cc(C)c1Br. The summed E-state index contributed by atoms with van der Waals surface area (Å²) in [5, 5.41) is 3.43. The molecule has 1 fully saturated rings. The predicted molar refractivity (Wildman–Crippen MR) is 70.1 cm³/mol. The van der Waals surface area contributed by atoms with Gasteiger partial charge in [-0.05, 0) is 56.5 Å². The Morgan fingerprint density at radius 1 is 1.38 bits per heavy atom. The van der Waals surface area contributed by atoms with Gasteiger partial charge in [-0.1, -0.05) is 15.9 Å². The second-order valence-electron chi connectivity index (χ2n) is 4.48. The van der Waals surface area contributed by atoms with Gasteiger partial charge in [-0.15, -0.1) is 0 Å². The number of hydrogen-bond donors (Lipinski definition) is 1. The second-order valence-corrected chi connectivity index (χ2v) is 5.27. The van der Waals surface area contributed by atoms with E-state index in [-0.39, 0.29) is 0 Å². The molecule has 16 heavy (non-hydrogen) atoms. The second kappa shape index (κ2) is 5.19. The van der Waals surface area contributed by atoms with Crippen molar-refractivity contribution in [2.45, 2.75) is 32.7 Å². The minimum absolute atomic E-state index is 0.532. The molecule has 1 aromatic carbocycles. The summed E-state index contributed by atoms with van der Waals surface area (Å²) in [6.07, 6.45) is 2.50. The molecule has 1 heterocycles. The summed E-state index contributed by atoms with van der Waals surface area (Å²) >= 11 is 3.56. The van der Waals surface area contributed by atoms with Gasteiger partial charge in [-0.2, -0.15) is 0 Å². The van der Waals surface area contributed by atoms with Gasteiger partial charge in [-0.3, -0.25) is 0 Å². The lowest BCUT2D eigenvalue weighted by atomic mass is 10.1. The fourth-order valence-corrected chi connectivity index (χ4v) is 2.31. The fraction of sp³-hybridized carbons (Fsp3) is 0.538. The maximum Gasteiger partial charge on any atom is 0.119 e. The Bertz CT molecular complexity index is 349. The highest BCUT2D eigenvalue weighted by atomic mass is 79.9. The van der Waals surface area contributed by atoms with Crippen LogP contribution in [-0.4, -0.2) is 19.2 Å². The molecule has 3 heteroatoms. The van der Waals surface area contributed by atoms with Crippen molar-refractivity contribution in [2.24, 2.45) is 0 Å². The number of rotatable bonds is 3. The lowest BCUT2D eigenvalue weighted by molar-refractivity contribution is 0.277. The Morgan fingerprint density at radius 3 is 2.62 bits per heavy atom. The largest absolute Gasteiger partial charge is 0.492 e. The summed E-state index contributed by atoms with van der Waals surface area (Å²) in [5.41, 5.74) is 2.46. The van der Waals surface area contributed by atoms with E-state index in [0.717, 1.165) is 18.9 Å². The van der Waals surface area contributed by atoms with Gasteiger partial charge in [0.05, 0.1) is 0 Å². The van der Waals surface area contributed by atoms with Crippen LogP contribution in [0.3, 0.4) is 0 Å². The van der Waals surface area contributed by atoms with Crippen LogP contribution in [-0.2, 0) is 0 Å². The smallest absolute Gasteiger partial charge is 0.119 e. The Hall–Kier alpha value is -0.540. The van der Waals surface area contributed by atoms with Crippen LogP contribution < -0.4 is 10.1 Å². The molecule has 88 valence electrons. The summed E-state index contributed by atoms with van der Waals surface area (Å²) < 4.78 is 7.00. The third-order valence-corrected chi connectivity index (χ3v) is 4.27. The Labute approximate surface area is 106 Å². The van der Waals surface area contributed by atoms with Crippen LogP contribution in [0.5, 0.6) is 5.75 Å². The van der Waals surface area contributed by atoms with Crippen molar-refractivity contribution < 1.29 is 4.74 Å². The normalized spacial score (nSPS) is 20.1. The van der Waals surface area contributed by atoms with Crippen LogP contribution in [0.25, 0.3) is 0 Å². The molecule has 0 radical (unpaired) electrons. The molecule has 0 aliphatic carbocycles. The van der Waals surface area contributed by atoms with E-state index < -0.39 is 0 Å². The van der Waals surface area contributed by atoms with Gasteiger partial charge in [0, 0.05) is 10.5 Å². The molecule has 2 rings (SSSR count). The van der Waals surface area contributed by atoms with Crippen molar-refractivity contribution in [2.75, 3.05) is 13.2 Å². The van der Waals surface area contributed by atoms with Gasteiger partial charge < -0.3 is 10.1 Å². The molecule has 0 aromatic heterocycles. The highest BCUT2D eigenvalue weighted by molar-refractivity contribution is 9.10. The molecule has 0 saturated carbocycles. The van der Waals surface area contributed by atoms with Gasteiger partial charge in [0.2, 0.25) is 0 Å². The summed E-state index contributed by atoms with van der Waals surface area (Å²) in [6.45, 7) is 6.10. The van der Waals surface area contributed by atoms with E-state index >= 15 is 0 Å². The van der Waals surface area contributed by atoms with Crippen molar-refractivity contribution in [1.29, 1.82) is 0 Å². The van der Waals surface area contributed by atoms with Gasteiger partial charge in [-0.25, -0.2) is 0 Å². The zero-order valence-electron chi connectivity index (χ0n) is 9.85. The van der Waals surface area contributed by atoms with Crippen molar-refractivity contribution >= 4 is 15.9 Å². The lowest BCUT2D eigenvalue weighted by Gasteiger charge is -2.14. The first kappa shape index (κ1) is 11.9. The molecule has 1 saturated heterocycles. The lowest BCUT2D eigenvalue weighted by Crippen LogP contribution is -2.28. The number of benzene rings is 1. The highest BCUT2D eigenvalue weighted by Crippen LogP contribution is 2.26. The maximum atomic E-state index is 5.82. The Balaban J connectivity index is 1.98. The van der Waals surface area contributed by atoms with Crippen LogP contribution in [0.1, 0.15) is 24.0 Å². The van der Waals surface area contributed by atoms with Crippen LogP contribution in [0.4, 0.5) is 0 Å². The van der Waals surface area contributed by atoms with Gasteiger partial charge >= 0.3 is 0 Å². The molecule has 0 unspecified atom stereocenters. The quantitative estimate of drug-likeness (QED) is 0.920. The molecule has 2 nitrogen and oxygen atoms in total. The third kappa shape index (κ3) is 2.77. The summed E-state index contributed by atoms with van der Waals surface area (Å²) in [6, 6.07) is 4.71. The molecule has 0 amide bonds. The molecule has 1 aliphatic heterocycles. The first-order valence-corrected chi connectivity index (χ1v) is 6.59. The van der Waals surface area contributed by atoms with Crippen molar-refractivity contribution in [3.8, 4) is 5.75 Å². The van der Waals surface area contributed by atoms with Crippen LogP contribution in [0.2, 0.25) is 0 Å². The molecule has 1 atom stereocenters. The molecular weight excluding hydrogens is 266 g/mol. The summed E-state index contributed by atoms with van der Waals surface area (Å²) in [7, 11) is 0. The predicted octanol–water partition coefficient (Wildman–Crippen LogP) is 3.20. The Morgan fingerprint density at radius 2 is 2.06 bits per heavy atom.